The number of anilines is 1. The van der Waals surface area contributed by atoms with Crippen LogP contribution in [0.2, 0.25) is 0 Å². The lowest BCUT2D eigenvalue weighted by Crippen LogP contribution is -2.31. The predicted octanol–water partition coefficient (Wildman–Crippen LogP) is 3.36. The number of thioether (sulfide) groups is 1. The number of nitrogens with two attached hydrogens (primary N) is 1. The molecule has 7 heteroatoms. The van der Waals surface area contributed by atoms with Gasteiger partial charge in [0.2, 0.25) is 5.91 Å². The number of rotatable bonds is 4. The van der Waals surface area contributed by atoms with E-state index in [4.69, 9.17) is 5.73 Å². The molecular formula is C19H14BrN3O2S. The van der Waals surface area contributed by atoms with Crippen molar-refractivity contribution >= 4 is 45.2 Å². The number of hydrogen-bond donors (Lipinski definition) is 1. The molecular weight excluding hydrogens is 414 g/mol. The lowest BCUT2D eigenvalue weighted by Gasteiger charge is -2.18. The summed E-state index contributed by atoms with van der Waals surface area (Å²) in [5.41, 5.74) is 6.75. The van der Waals surface area contributed by atoms with E-state index in [2.05, 4.69) is 15.9 Å². The van der Waals surface area contributed by atoms with Gasteiger partial charge in [-0.1, -0.05) is 58.0 Å². The fraction of sp³-hybridized carbons (Fsp3) is 0.105. The van der Waals surface area contributed by atoms with Gasteiger partial charge in [0.25, 0.3) is 5.91 Å². The van der Waals surface area contributed by atoms with E-state index in [9.17, 15) is 14.9 Å². The molecule has 2 aromatic rings. The highest BCUT2D eigenvalue weighted by Gasteiger charge is 2.40. The van der Waals surface area contributed by atoms with Crippen molar-refractivity contribution in [2.24, 2.45) is 5.73 Å². The van der Waals surface area contributed by atoms with Crippen molar-refractivity contribution in [1.82, 2.24) is 0 Å². The lowest BCUT2D eigenvalue weighted by molar-refractivity contribution is -0.117. The first-order valence-electron chi connectivity index (χ1n) is 7.75. The van der Waals surface area contributed by atoms with Crippen molar-refractivity contribution in [3.8, 4) is 6.07 Å². The van der Waals surface area contributed by atoms with Crippen LogP contribution >= 0.6 is 27.7 Å². The normalized spacial score (nSPS) is 18.5. The van der Waals surface area contributed by atoms with E-state index in [0.717, 1.165) is 10.0 Å². The Balaban J connectivity index is 2.03. The Bertz CT molecular complexity index is 920. The number of carbonyl (C=O) groups is 2. The second kappa shape index (κ2) is 7.77. The van der Waals surface area contributed by atoms with Crippen LogP contribution in [0.1, 0.15) is 5.56 Å². The summed E-state index contributed by atoms with van der Waals surface area (Å²) in [4.78, 5) is 26.2. The van der Waals surface area contributed by atoms with E-state index < -0.39 is 11.2 Å². The molecule has 2 N–H and O–H groups in total. The van der Waals surface area contributed by atoms with Crippen molar-refractivity contribution in [3.63, 3.8) is 0 Å². The van der Waals surface area contributed by atoms with E-state index in [1.54, 1.807) is 24.3 Å². The van der Waals surface area contributed by atoms with E-state index in [1.165, 1.54) is 16.7 Å². The van der Waals surface area contributed by atoms with Crippen LogP contribution in [0.3, 0.4) is 0 Å². The summed E-state index contributed by atoms with van der Waals surface area (Å²) in [7, 11) is 0. The number of primary amides is 1. The van der Waals surface area contributed by atoms with Crippen LogP contribution in [0.4, 0.5) is 5.69 Å². The molecule has 1 atom stereocenters. The fourth-order valence-corrected chi connectivity index (χ4v) is 4.23. The molecule has 0 saturated carbocycles. The molecule has 3 rings (SSSR count). The van der Waals surface area contributed by atoms with Crippen molar-refractivity contribution in [2.75, 3.05) is 4.90 Å². The van der Waals surface area contributed by atoms with Gasteiger partial charge in [-0.15, -0.1) is 0 Å². The zero-order valence-electron chi connectivity index (χ0n) is 13.6. The zero-order chi connectivity index (χ0) is 18.7. The summed E-state index contributed by atoms with van der Waals surface area (Å²) >= 11 is 4.56. The van der Waals surface area contributed by atoms with Crippen molar-refractivity contribution in [2.45, 2.75) is 11.7 Å². The van der Waals surface area contributed by atoms with Gasteiger partial charge < -0.3 is 5.73 Å². The van der Waals surface area contributed by atoms with E-state index in [1.807, 2.05) is 36.4 Å². The Hall–Kier alpha value is -2.56. The van der Waals surface area contributed by atoms with E-state index in [0.29, 0.717) is 12.1 Å². The number of hydrogen-bond acceptors (Lipinski definition) is 4. The third-order valence-corrected chi connectivity index (χ3v) is 5.67. The van der Waals surface area contributed by atoms with Crippen molar-refractivity contribution in [3.05, 3.63) is 75.2 Å². The molecule has 1 fully saturated rings. The smallest absolute Gasteiger partial charge is 0.262 e. The van der Waals surface area contributed by atoms with E-state index >= 15 is 0 Å². The van der Waals surface area contributed by atoms with Crippen LogP contribution in [-0.2, 0) is 16.0 Å². The molecule has 1 aliphatic rings. The monoisotopic (exact) mass is 427 g/mol. The lowest BCUT2D eigenvalue weighted by atomic mass is 10.1. The summed E-state index contributed by atoms with van der Waals surface area (Å²) in [6.45, 7) is 0. The largest absolute Gasteiger partial charge is 0.365 e. The molecule has 2 amide bonds. The third-order valence-electron chi connectivity index (χ3n) is 3.87. The molecule has 0 spiro atoms. The molecule has 0 aromatic heterocycles. The zero-order valence-corrected chi connectivity index (χ0v) is 16.0. The van der Waals surface area contributed by atoms with Gasteiger partial charge in [-0.25, -0.2) is 0 Å². The highest BCUT2D eigenvalue weighted by Crippen LogP contribution is 2.41. The molecule has 0 aliphatic carbocycles. The molecule has 5 nitrogen and oxygen atoms in total. The number of nitriles is 1. The van der Waals surface area contributed by atoms with Gasteiger partial charge in [0.15, 0.2) is 0 Å². The minimum absolute atomic E-state index is 0.176. The van der Waals surface area contributed by atoms with Crippen LogP contribution in [0.25, 0.3) is 0 Å². The van der Waals surface area contributed by atoms with Gasteiger partial charge in [-0.2, -0.15) is 5.26 Å². The van der Waals surface area contributed by atoms with Crippen molar-refractivity contribution < 1.29 is 9.59 Å². The summed E-state index contributed by atoms with van der Waals surface area (Å²) in [5.74, 6) is -1.02. The molecule has 1 aliphatic heterocycles. The van der Waals surface area contributed by atoms with Crippen LogP contribution in [0.15, 0.2) is 69.7 Å². The summed E-state index contributed by atoms with van der Waals surface area (Å²) in [5, 5.41) is 9.21. The molecule has 2 aromatic carbocycles. The van der Waals surface area contributed by atoms with Gasteiger partial charge in [0.1, 0.15) is 16.7 Å². The Morgan fingerprint density at radius 1 is 1.19 bits per heavy atom. The first-order chi connectivity index (χ1) is 12.5. The molecule has 1 heterocycles. The topological polar surface area (TPSA) is 87.2 Å². The summed E-state index contributed by atoms with van der Waals surface area (Å²) in [6.07, 6.45) is 0.498. The number of amides is 2. The highest BCUT2D eigenvalue weighted by molar-refractivity contribution is 9.10. The maximum Gasteiger partial charge on any atom is 0.262 e. The Kier molecular flexibility index (Phi) is 5.45. The Morgan fingerprint density at radius 2 is 1.85 bits per heavy atom. The second-order valence-electron chi connectivity index (χ2n) is 5.60. The molecule has 1 unspecified atom stereocenters. The summed E-state index contributed by atoms with van der Waals surface area (Å²) in [6, 6.07) is 18.6. The van der Waals surface area contributed by atoms with Crippen LogP contribution < -0.4 is 10.6 Å². The van der Waals surface area contributed by atoms with Crippen LogP contribution in [0, 0.1) is 11.3 Å². The minimum Gasteiger partial charge on any atom is -0.365 e. The number of carbonyl (C=O) groups excluding carboxylic acids is 2. The molecule has 1 saturated heterocycles. The summed E-state index contributed by atoms with van der Waals surface area (Å²) < 4.78 is 0.863. The van der Waals surface area contributed by atoms with Gasteiger partial charge in [-0.3, -0.25) is 14.5 Å². The number of nitrogens with zero attached hydrogens (tertiary/aromatic N) is 2. The third kappa shape index (κ3) is 3.66. The van der Waals surface area contributed by atoms with Gasteiger partial charge in [-0.05, 0) is 36.2 Å². The first kappa shape index (κ1) is 18.2. The maximum atomic E-state index is 13.0. The number of halogens is 1. The van der Waals surface area contributed by atoms with Crippen molar-refractivity contribution in [1.29, 1.82) is 5.26 Å². The highest BCUT2D eigenvalue weighted by atomic mass is 79.9. The standard InChI is InChI=1S/C19H14BrN3O2S/c20-13-6-8-14(9-7-13)23-18(25)16(10-12-4-2-1-3-5-12)26-19(23)15(11-21)17(22)24/h1-9,16H,10H2,(H2,22,24). The van der Waals surface area contributed by atoms with Gasteiger partial charge in [0, 0.05) is 10.2 Å². The minimum atomic E-state index is -0.842. The van der Waals surface area contributed by atoms with Gasteiger partial charge in [0.05, 0.1) is 5.25 Å². The maximum absolute atomic E-state index is 13.0. The number of benzene rings is 2. The van der Waals surface area contributed by atoms with Gasteiger partial charge >= 0.3 is 0 Å². The molecule has 26 heavy (non-hydrogen) atoms. The fourth-order valence-electron chi connectivity index (χ4n) is 2.65. The van der Waals surface area contributed by atoms with Crippen LogP contribution in [0.5, 0.6) is 0 Å². The molecule has 130 valence electrons. The quantitative estimate of drug-likeness (QED) is 0.598. The first-order valence-corrected chi connectivity index (χ1v) is 9.43. The Labute approximate surface area is 163 Å². The molecule has 0 radical (unpaired) electrons. The van der Waals surface area contributed by atoms with Crippen LogP contribution in [-0.4, -0.2) is 17.1 Å². The second-order valence-corrected chi connectivity index (χ2v) is 7.71. The predicted molar refractivity (Wildman–Crippen MR) is 105 cm³/mol. The SMILES string of the molecule is N#CC(C(N)=O)=C1SC(Cc2ccccc2)C(=O)N1c1ccc(Br)cc1. The Morgan fingerprint density at radius 3 is 2.42 bits per heavy atom. The molecule has 0 bridgehead atoms. The average molecular weight is 428 g/mol. The van der Waals surface area contributed by atoms with E-state index in [-0.39, 0.29) is 16.5 Å². The average Bonchev–Trinajstić information content (AvgIpc) is 2.93.